The molecule has 2 aliphatic carbocycles. The lowest BCUT2D eigenvalue weighted by molar-refractivity contribution is -0.182. The molecule has 1 aromatic rings. The van der Waals surface area contributed by atoms with E-state index in [0.717, 1.165) is 62.6 Å². The second-order valence-corrected chi connectivity index (χ2v) is 24.1. The number of hydrogen-bond donors (Lipinski definition) is 7. The predicted molar refractivity (Wildman–Crippen MR) is 260 cm³/mol. The van der Waals surface area contributed by atoms with Crippen LogP contribution in [0.4, 0.5) is 0 Å². The molecule has 11 atom stereocenters. The first-order valence-electron chi connectivity index (χ1n) is 25.5. The molecule has 0 radical (unpaired) electrons. The number of ether oxygens (including phenoxy) is 3. The molecule has 6 aliphatic rings. The number of carbonyl (C=O) groups is 3. The fourth-order valence-corrected chi connectivity index (χ4v) is 15.7. The average Bonchev–Trinajstić information content (AvgIpc) is 3.29. The van der Waals surface area contributed by atoms with Crippen LogP contribution >= 0.6 is 21.6 Å². The molecular formula is C51H81N3O10S2. The molecule has 4 fully saturated rings. The summed E-state index contributed by atoms with van der Waals surface area (Å²) >= 11 is 0. The van der Waals surface area contributed by atoms with Crippen LogP contribution in [0.25, 0.3) is 0 Å². The normalized spacial score (nSPS) is 33.6. The van der Waals surface area contributed by atoms with E-state index >= 15 is 4.79 Å². The zero-order valence-electron chi connectivity index (χ0n) is 40.2. The summed E-state index contributed by atoms with van der Waals surface area (Å²) in [6.07, 6.45) is 9.90. The van der Waals surface area contributed by atoms with Gasteiger partial charge in [0, 0.05) is 60.8 Å². The highest BCUT2D eigenvalue weighted by molar-refractivity contribution is 8.76. The molecule has 66 heavy (non-hydrogen) atoms. The molecule has 372 valence electrons. The van der Waals surface area contributed by atoms with Gasteiger partial charge in [0.25, 0.3) is 0 Å². The molecule has 15 heteroatoms. The van der Waals surface area contributed by atoms with Crippen LogP contribution in [0.15, 0.2) is 12.1 Å². The van der Waals surface area contributed by atoms with Crippen molar-refractivity contribution in [3.8, 4) is 11.5 Å². The zero-order valence-corrected chi connectivity index (χ0v) is 41.8. The van der Waals surface area contributed by atoms with E-state index in [1.165, 1.54) is 6.92 Å². The zero-order chi connectivity index (χ0) is 47.1. The fraction of sp³-hybridized carbons (Fsp3) is 0.824. The third kappa shape index (κ3) is 12.0. The Balaban J connectivity index is 1.29. The summed E-state index contributed by atoms with van der Waals surface area (Å²) in [6, 6.07) is 3.60. The monoisotopic (exact) mass is 960 g/mol. The van der Waals surface area contributed by atoms with E-state index in [1.807, 2.05) is 13.0 Å². The molecule has 4 aliphatic heterocycles. The summed E-state index contributed by atoms with van der Waals surface area (Å²) in [5, 5.41) is 55.4. The lowest BCUT2D eigenvalue weighted by atomic mass is 9.56. The molecule has 1 saturated carbocycles. The van der Waals surface area contributed by atoms with Gasteiger partial charge in [-0.2, -0.15) is 0 Å². The number of piperidine rings is 2. The van der Waals surface area contributed by atoms with Crippen molar-refractivity contribution in [1.29, 1.82) is 0 Å². The molecule has 0 aromatic heterocycles. The number of aliphatic hydroxyl groups excluding tert-OH is 2. The molecule has 3 saturated heterocycles. The van der Waals surface area contributed by atoms with Gasteiger partial charge in [0.1, 0.15) is 17.7 Å². The number of aromatic hydroxyl groups is 1. The maximum absolute atomic E-state index is 15.4. The minimum Gasteiger partial charge on any atom is -0.504 e. The first kappa shape index (κ1) is 51.6. The van der Waals surface area contributed by atoms with Crippen molar-refractivity contribution in [2.45, 2.75) is 191 Å². The largest absolute Gasteiger partial charge is 0.504 e. The van der Waals surface area contributed by atoms with Crippen LogP contribution in [0.3, 0.4) is 0 Å². The number of nitrogens with one attached hydrogen (secondary N) is 3. The maximum atomic E-state index is 15.4. The van der Waals surface area contributed by atoms with Gasteiger partial charge in [0.15, 0.2) is 11.5 Å². The third-order valence-corrected chi connectivity index (χ3v) is 19.2. The Labute approximate surface area is 401 Å². The smallest absolute Gasteiger partial charge is 0.332 e. The average molecular weight is 960 g/mol. The predicted octanol–water partition coefficient (Wildman–Crippen LogP) is 7.26. The number of aliphatic hydroxyl groups is 3. The summed E-state index contributed by atoms with van der Waals surface area (Å²) in [4.78, 5) is 42.0. The van der Waals surface area contributed by atoms with Crippen molar-refractivity contribution in [2.75, 3.05) is 44.4 Å². The van der Waals surface area contributed by atoms with Crippen LogP contribution in [0.1, 0.15) is 166 Å². The van der Waals surface area contributed by atoms with E-state index < -0.39 is 46.8 Å². The minimum atomic E-state index is -1.14. The Hall–Kier alpha value is -2.27. The van der Waals surface area contributed by atoms with Gasteiger partial charge in [-0.05, 0) is 158 Å². The van der Waals surface area contributed by atoms with Crippen LogP contribution in [0.5, 0.6) is 11.5 Å². The van der Waals surface area contributed by atoms with Crippen LogP contribution in [-0.4, -0.2) is 118 Å². The Morgan fingerprint density at radius 2 is 1.80 bits per heavy atom. The van der Waals surface area contributed by atoms with E-state index in [-0.39, 0.29) is 60.3 Å². The Morgan fingerprint density at radius 3 is 2.56 bits per heavy atom. The number of hydrogen-bond acceptors (Lipinski definition) is 14. The molecule has 0 spiro atoms. The van der Waals surface area contributed by atoms with E-state index in [9.17, 15) is 30.0 Å². The number of amides is 1. The van der Waals surface area contributed by atoms with Gasteiger partial charge in [-0.3, -0.25) is 9.59 Å². The number of phenols is 1. The number of carbonyl (C=O) groups excluding carboxylic acids is 3. The van der Waals surface area contributed by atoms with Crippen LogP contribution in [0, 0.1) is 29.1 Å². The van der Waals surface area contributed by atoms with Crippen molar-refractivity contribution in [1.82, 2.24) is 16.0 Å². The molecular weight excluding hydrogens is 879 g/mol. The highest BCUT2D eigenvalue weighted by Gasteiger charge is 2.57. The first-order chi connectivity index (χ1) is 31.7. The van der Waals surface area contributed by atoms with Crippen molar-refractivity contribution < 1.29 is 49.0 Å². The minimum absolute atomic E-state index is 0.0384. The van der Waals surface area contributed by atoms with E-state index in [0.29, 0.717) is 107 Å². The lowest BCUT2D eigenvalue weighted by Crippen LogP contribution is -2.65. The van der Waals surface area contributed by atoms with Gasteiger partial charge < -0.3 is 50.6 Å². The maximum Gasteiger partial charge on any atom is 0.332 e. The Bertz CT molecular complexity index is 1790. The number of fused-ring (bicyclic) bond motifs is 1. The molecule has 13 nitrogen and oxygen atoms in total. The van der Waals surface area contributed by atoms with E-state index in [1.54, 1.807) is 27.7 Å². The SMILES string of the molecule is CC(=O)O[C@@H](C[C@@H](OC(=O)[C@]12CCCC[C@H]1CCC(=O)N2)C1([C@@H]2CC[C@H]3c4c2ccc(O)c4OC[C@@H]3CCO)CCNCC1)[C@H]1CC[C@H](O)[C@H](NCCCC(C)C)CSSC[C@@](C)(O)CC1. The lowest BCUT2D eigenvalue weighted by Gasteiger charge is -2.54. The van der Waals surface area contributed by atoms with Gasteiger partial charge >= 0.3 is 11.9 Å². The number of benzene rings is 1. The fourth-order valence-electron chi connectivity index (χ4n) is 12.9. The topological polar surface area (TPSA) is 196 Å². The molecule has 4 heterocycles. The number of rotatable bonds is 15. The molecule has 0 bridgehead atoms. The molecule has 1 aromatic carbocycles. The summed E-state index contributed by atoms with van der Waals surface area (Å²) in [7, 11) is 3.30. The molecule has 1 amide bonds. The summed E-state index contributed by atoms with van der Waals surface area (Å²) < 4.78 is 20.0. The molecule has 0 unspecified atom stereocenters. The standard InChI is InChI=1S/C51H81N3O10S2/c1-32(2)8-7-24-53-40-30-65-66-31-49(4,61)21-18-34(10-15-41(40)57)43(63-33(3)56)28-44(64-48(60)51-20-6-5-9-36(51)11-17-45(59)54-51)50(22-25-52-26-23-50)39-14-12-37-35(19-27-55)29-62-47-42(58)16-13-38(39)46(37)47/h13,16,32,34-37,39-41,43-44,52-53,55,57-58,61H,5-12,14-15,17-31H2,1-4H3,(H,54,59)/t34-,35-,36-,37+,39+,40+,41-,43-,44+,49-,51-/m0/s1. The molecule has 7 N–H and O–H groups in total. The highest BCUT2D eigenvalue weighted by atomic mass is 33.1. The van der Waals surface area contributed by atoms with Gasteiger partial charge in [-0.25, -0.2) is 4.79 Å². The van der Waals surface area contributed by atoms with Crippen LogP contribution in [-0.2, 0) is 23.9 Å². The summed E-state index contributed by atoms with van der Waals surface area (Å²) in [5.41, 5.74) is -0.716. The third-order valence-electron chi connectivity index (χ3n) is 16.6. The van der Waals surface area contributed by atoms with Gasteiger partial charge in [0.2, 0.25) is 5.91 Å². The van der Waals surface area contributed by atoms with Crippen LogP contribution < -0.4 is 20.7 Å². The number of phenolic OH excluding ortho intramolecular Hbond substituents is 1. The van der Waals surface area contributed by atoms with Crippen molar-refractivity contribution >= 4 is 39.4 Å². The Morgan fingerprint density at radius 1 is 1.00 bits per heavy atom. The second kappa shape index (κ2) is 23.1. The van der Waals surface area contributed by atoms with E-state index in [4.69, 9.17) is 14.2 Å². The second-order valence-electron chi connectivity index (χ2n) is 21.6. The first-order valence-corrected chi connectivity index (χ1v) is 28.0. The Kier molecular flexibility index (Phi) is 18.1. The van der Waals surface area contributed by atoms with Crippen molar-refractivity contribution in [2.24, 2.45) is 29.1 Å². The van der Waals surface area contributed by atoms with Gasteiger partial charge in [-0.1, -0.05) is 54.3 Å². The van der Waals surface area contributed by atoms with E-state index in [2.05, 4.69) is 29.8 Å². The van der Waals surface area contributed by atoms with Gasteiger partial charge in [0.05, 0.1) is 18.3 Å². The number of esters is 2. The quantitative estimate of drug-likeness (QED) is 0.0527. The van der Waals surface area contributed by atoms with Crippen molar-refractivity contribution in [3.63, 3.8) is 0 Å². The molecule has 7 rings (SSSR count). The summed E-state index contributed by atoms with van der Waals surface area (Å²) in [5.74, 6) is 1.16. The van der Waals surface area contributed by atoms with Gasteiger partial charge in [-0.15, -0.1) is 0 Å². The van der Waals surface area contributed by atoms with Crippen LogP contribution in [0.2, 0.25) is 0 Å². The highest BCUT2D eigenvalue weighted by Crippen LogP contribution is 2.60. The van der Waals surface area contributed by atoms with Crippen molar-refractivity contribution in [3.05, 3.63) is 23.3 Å². The summed E-state index contributed by atoms with van der Waals surface area (Å²) in [6.45, 7) is 10.4.